The molecule has 1 aromatic rings. The Balaban J connectivity index is 1.67. The van der Waals surface area contributed by atoms with E-state index in [9.17, 15) is 9.90 Å². The monoisotopic (exact) mass is 305 g/mol. The van der Waals surface area contributed by atoms with E-state index >= 15 is 0 Å². The molecule has 1 saturated heterocycles. The molecule has 0 aromatic heterocycles. The molecule has 0 bridgehead atoms. The minimum atomic E-state index is -0.565. The predicted octanol–water partition coefficient (Wildman–Crippen LogP) is 0.687. The molecule has 6 nitrogen and oxygen atoms in total. The molecule has 2 N–H and O–H groups in total. The summed E-state index contributed by atoms with van der Waals surface area (Å²) in [6.07, 6.45) is -1.04. The lowest BCUT2D eigenvalue weighted by Gasteiger charge is -2.33. The van der Waals surface area contributed by atoms with Gasteiger partial charge in [-0.05, 0) is 31.7 Å². The first-order valence-electron chi connectivity index (χ1n) is 7.73. The van der Waals surface area contributed by atoms with Crippen LogP contribution in [0.2, 0.25) is 0 Å². The van der Waals surface area contributed by atoms with E-state index in [0.29, 0.717) is 18.0 Å². The second kappa shape index (κ2) is 6.24. The summed E-state index contributed by atoms with van der Waals surface area (Å²) < 4.78 is 5.53. The van der Waals surface area contributed by atoms with Crippen LogP contribution in [0.25, 0.3) is 0 Å². The standard InChI is InChI=1S/C16H23N3O3/c1-11-16(21)17-13-9-12(3-4-15(13)22-11)14(20)10-19-7-5-18(2)6-8-19/h3-4,9,11,14,20H,5-8,10H2,1-2H3,(H,17,21). The lowest BCUT2D eigenvalue weighted by Crippen LogP contribution is -2.45. The van der Waals surface area contributed by atoms with Crippen LogP contribution >= 0.6 is 0 Å². The zero-order valence-electron chi connectivity index (χ0n) is 13.1. The van der Waals surface area contributed by atoms with E-state index in [1.807, 2.05) is 12.1 Å². The van der Waals surface area contributed by atoms with E-state index in [2.05, 4.69) is 22.2 Å². The number of anilines is 1. The molecule has 1 amide bonds. The summed E-state index contributed by atoms with van der Waals surface area (Å²) in [5, 5.41) is 13.3. The third kappa shape index (κ3) is 3.24. The number of hydrogen-bond acceptors (Lipinski definition) is 5. The molecule has 2 aliphatic heterocycles. The number of amides is 1. The Hall–Kier alpha value is -1.63. The third-order valence-electron chi connectivity index (χ3n) is 4.35. The van der Waals surface area contributed by atoms with Crippen molar-refractivity contribution in [3.05, 3.63) is 23.8 Å². The normalized spacial score (nSPS) is 24.3. The molecule has 2 aliphatic rings. The topological polar surface area (TPSA) is 65.0 Å². The molecule has 1 aromatic carbocycles. The van der Waals surface area contributed by atoms with Gasteiger partial charge in [0.2, 0.25) is 0 Å². The first-order chi connectivity index (χ1) is 10.5. The molecule has 0 radical (unpaired) electrons. The number of aliphatic hydroxyl groups excluding tert-OH is 1. The van der Waals surface area contributed by atoms with Crippen molar-refractivity contribution in [1.29, 1.82) is 0 Å². The fraction of sp³-hybridized carbons (Fsp3) is 0.562. The van der Waals surface area contributed by atoms with Gasteiger partial charge in [0.15, 0.2) is 6.10 Å². The van der Waals surface area contributed by atoms with Crippen LogP contribution in [0.4, 0.5) is 5.69 Å². The maximum atomic E-state index is 11.7. The SMILES string of the molecule is CC1Oc2ccc(C(O)CN3CCN(C)CC3)cc2NC1=O. The number of aliphatic hydroxyl groups is 1. The van der Waals surface area contributed by atoms with Crippen molar-refractivity contribution in [2.45, 2.75) is 19.1 Å². The molecule has 0 saturated carbocycles. The van der Waals surface area contributed by atoms with Crippen LogP contribution in [0.1, 0.15) is 18.6 Å². The van der Waals surface area contributed by atoms with Gasteiger partial charge in [-0.15, -0.1) is 0 Å². The largest absolute Gasteiger partial charge is 0.479 e. The van der Waals surface area contributed by atoms with Crippen molar-refractivity contribution >= 4 is 11.6 Å². The maximum Gasteiger partial charge on any atom is 0.265 e. The molecule has 0 spiro atoms. The van der Waals surface area contributed by atoms with Gasteiger partial charge >= 0.3 is 0 Å². The number of likely N-dealkylation sites (N-methyl/N-ethyl adjacent to an activating group) is 1. The number of nitrogens with one attached hydrogen (secondary N) is 1. The van der Waals surface area contributed by atoms with Gasteiger partial charge in [0, 0.05) is 32.7 Å². The van der Waals surface area contributed by atoms with E-state index in [1.54, 1.807) is 13.0 Å². The Bertz CT molecular complexity index is 556. The molecule has 2 heterocycles. The summed E-state index contributed by atoms with van der Waals surface area (Å²) in [6.45, 7) is 6.31. The summed E-state index contributed by atoms with van der Waals surface area (Å²) in [6, 6.07) is 5.48. The first-order valence-corrected chi connectivity index (χ1v) is 7.73. The molecule has 2 unspecified atom stereocenters. The molecular formula is C16H23N3O3. The van der Waals surface area contributed by atoms with Crippen molar-refractivity contribution in [3.63, 3.8) is 0 Å². The third-order valence-corrected chi connectivity index (χ3v) is 4.35. The summed E-state index contributed by atoms with van der Waals surface area (Å²) in [7, 11) is 2.11. The van der Waals surface area contributed by atoms with Gasteiger partial charge < -0.3 is 20.1 Å². The van der Waals surface area contributed by atoms with Gasteiger partial charge in [-0.25, -0.2) is 0 Å². The Kier molecular flexibility index (Phi) is 4.33. The molecule has 0 aliphatic carbocycles. The Labute approximate surface area is 130 Å². The molecule has 3 rings (SSSR count). The smallest absolute Gasteiger partial charge is 0.265 e. The van der Waals surface area contributed by atoms with E-state index in [4.69, 9.17) is 4.74 Å². The highest BCUT2D eigenvalue weighted by Gasteiger charge is 2.25. The predicted molar refractivity (Wildman–Crippen MR) is 84.1 cm³/mol. The molecule has 2 atom stereocenters. The van der Waals surface area contributed by atoms with E-state index in [1.165, 1.54) is 0 Å². The fourth-order valence-electron chi connectivity index (χ4n) is 2.81. The zero-order chi connectivity index (χ0) is 15.7. The highest BCUT2D eigenvalue weighted by molar-refractivity contribution is 5.97. The minimum Gasteiger partial charge on any atom is -0.479 e. The van der Waals surface area contributed by atoms with Gasteiger partial charge in [-0.3, -0.25) is 9.69 Å². The number of piperazine rings is 1. The summed E-state index contributed by atoms with van der Waals surface area (Å²) in [5.41, 5.74) is 1.44. The van der Waals surface area contributed by atoms with Crippen molar-refractivity contribution in [2.75, 3.05) is 45.1 Å². The van der Waals surface area contributed by atoms with Crippen LogP contribution in [0.5, 0.6) is 5.75 Å². The molecular weight excluding hydrogens is 282 g/mol. The number of nitrogens with zero attached hydrogens (tertiary/aromatic N) is 2. The summed E-state index contributed by atoms with van der Waals surface area (Å²) in [5.74, 6) is 0.501. The van der Waals surface area contributed by atoms with E-state index < -0.39 is 12.2 Å². The van der Waals surface area contributed by atoms with Gasteiger partial charge in [0.05, 0.1) is 11.8 Å². The second-order valence-electron chi connectivity index (χ2n) is 6.12. The number of carbonyl (C=O) groups is 1. The first kappa shape index (κ1) is 15.3. The molecule has 120 valence electrons. The van der Waals surface area contributed by atoms with Crippen molar-refractivity contribution in [1.82, 2.24) is 9.80 Å². The van der Waals surface area contributed by atoms with E-state index in [-0.39, 0.29) is 5.91 Å². The summed E-state index contributed by atoms with van der Waals surface area (Å²) >= 11 is 0. The number of carbonyl (C=O) groups excluding carboxylic acids is 1. The molecule has 1 fully saturated rings. The number of hydrogen-bond donors (Lipinski definition) is 2. The van der Waals surface area contributed by atoms with Crippen molar-refractivity contribution < 1.29 is 14.6 Å². The minimum absolute atomic E-state index is 0.154. The van der Waals surface area contributed by atoms with Gasteiger partial charge in [-0.2, -0.15) is 0 Å². The number of ether oxygens (including phenoxy) is 1. The fourth-order valence-corrected chi connectivity index (χ4v) is 2.81. The highest BCUT2D eigenvalue weighted by Crippen LogP contribution is 2.32. The van der Waals surface area contributed by atoms with Gasteiger partial charge in [-0.1, -0.05) is 6.07 Å². The average Bonchev–Trinajstić information content (AvgIpc) is 2.50. The van der Waals surface area contributed by atoms with Crippen LogP contribution in [0, 0.1) is 0 Å². The lowest BCUT2D eigenvalue weighted by molar-refractivity contribution is -0.122. The second-order valence-corrected chi connectivity index (χ2v) is 6.12. The van der Waals surface area contributed by atoms with Crippen LogP contribution in [-0.2, 0) is 4.79 Å². The zero-order valence-corrected chi connectivity index (χ0v) is 13.1. The van der Waals surface area contributed by atoms with Crippen LogP contribution in [0.15, 0.2) is 18.2 Å². The van der Waals surface area contributed by atoms with Gasteiger partial charge in [0.25, 0.3) is 5.91 Å². The number of benzene rings is 1. The van der Waals surface area contributed by atoms with Crippen molar-refractivity contribution in [2.24, 2.45) is 0 Å². The lowest BCUT2D eigenvalue weighted by atomic mass is 10.1. The molecule has 6 heteroatoms. The van der Waals surface area contributed by atoms with Gasteiger partial charge in [0.1, 0.15) is 5.75 Å². The number of fused-ring (bicyclic) bond motifs is 1. The Morgan fingerprint density at radius 2 is 2.09 bits per heavy atom. The van der Waals surface area contributed by atoms with Crippen molar-refractivity contribution in [3.8, 4) is 5.75 Å². The number of β-amino-alcohol motifs (C(OH)–C–C–N with tert-alkyl or cyclic N) is 1. The summed E-state index contributed by atoms with van der Waals surface area (Å²) in [4.78, 5) is 16.2. The highest BCUT2D eigenvalue weighted by atomic mass is 16.5. The van der Waals surface area contributed by atoms with Crippen LogP contribution < -0.4 is 10.1 Å². The quantitative estimate of drug-likeness (QED) is 0.860. The molecule has 22 heavy (non-hydrogen) atoms. The van der Waals surface area contributed by atoms with E-state index in [0.717, 1.165) is 31.7 Å². The maximum absolute atomic E-state index is 11.7. The number of rotatable bonds is 3. The Morgan fingerprint density at radius 1 is 1.36 bits per heavy atom. The van der Waals surface area contributed by atoms with Crippen LogP contribution in [0.3, 0.4) is 0 Å². The average molecular weight is 305 g/mol. The Morgan fingerprint density at radius 3 is 2.82 bits per heavy atom. The van der Waals surface area contributed by atoms with Crippen LogP contribution in [-0.4, -0.2) is 66.7 Å².